The van der Waals surface area contributed by atoms with Crippen molar-refractivity contribution in [3.05, 3.63) is 29.8 Å². The summed E-state index contributed by atoms with van der Waals surface area (Å²) >= 11 is 0. The fourth-order valence-electron chi connectivity index (χ4n) is 4.09. The van der Waals surface area contributed by atoms with Crippen molar-refractivity contribution in [3.8, 4) is 17.9 Å². The number of rotatable bonds is 2. The normalized spacial score (nSPS) is 36.0. The third-order valence-electron chi connectivity index (χ3n) is 5.06. The maximum Gasteiger partial charge on any atom is 0.293 e. The molecule has 2 aliphatic heterocycles. The van der Waals surface area contributed by atoms with Gasteiger partial charge in [-0.25, -0.2) is 4.99 Å². The predicted octanol–water partition coefficient (Wildman–Crippen LogP) is 0.884. The Labute approximate surface area is 132 Å². The van der Waals surface area contributed by atoms with E-state index in [4.69, 9.17) is 19.9 Å². The highest BCUT2D eigenvalue weighted by molar-refractivity contribution is 6.00. The zero-order valence-corrected chi connectivity index (χ0v) is 12.4. The van der Waals surface area contributed by atoms with Crippen LogP contribution in [0.5, 0.6) is 5.75 Å². The monoisotopic (exact) mass is 310 g/mol. The van der Waals surface area contributed by atoms with Crippen molar-refractivity contribution in [1.29, 1.82) is 10.5 Å². The van der Waals surface area contributed by atoms with Gasteiger partial charge in [0.15, 0.2) is 5.41 Å². The molecule has 0 aromatic heterocycles. The summed E-state index contributed by atoms with van der Waals surface area (Å²) in [5.41, 5.74) is 4.24. The highest BCUT2D eigenvalue weighted by atomic mass is 16.8. The average Bonchev–Trinajstić information content (AvgIpc) is 2.82. The zero-order valence-electron chi connectivity index (χ0n) is 12.4. The maximum atomic E-state index is 9.97. The molecule has 7 nitrogen and oxygen atoms in total. The van der Waals surface area contributed by atoms with Gasteiger partial charge in [0.25, 0.3) is 5.91 Å². The lowest BCUT2D eigenvalue weighted by atomic mass is 9.94. The summed E-state index contributed by atoms with van der Waals surface area (Å²) in [7, 11) is 1.55. The molecule has 1 aliphatic carbocycles. The molecular weight excluding hydrogens is 296 g/mol. The summed E-state index contributed by atoms with van der Waals surface area (Å²) < 4.78 is 16.7. The fraction of sp³-hybridized carbons (Fsp3) is 0.438. The van der Waals surface area contributed by atoms with Crippen molar-refractivity contribution in [3.63, 3.8) is 0 Å². The Morgan fingerprint density at radius 2 is 1.96 bits per heavy atom. The smallest absolute Gasteiger partial charge is 0.293 e. The van der Waals surface area contributed by atoms with E-state index in [1.165, 1.54) is 0 Å². The number of ether oxygens (including phenoxy) is 3. The molecule has 0 radical (unpaired) electrons. The molecule has 2 N–H and O–H groups in total. The first-order valence-corrected chi connectivity index (χ1v) is 7.22. The summed E-state index contributed by atoms with van der Waals surface area (Å²) in [4.78, 5) is 4.23. The molecule has 1 aromatic carbocycles. The standard InChI is InChI=1S/C16H14N4O3/c1-21-11-5-3-2-4-10(11)12-14(8-17)13(19)20-16(15(12,14)9-18)22-6-7-23-16/h2-5,12H,6-7H2,1H3,(H2,19,20)/t12-,14-,15-/m1/s1. The van der Waals surface area contributed by atoms with E-state index < -0.39 is 22.7 Å². The molecule has 3 aliphatic rings. The summed E-state index contributed by atoms with van der Waals surface area (Å²) in [6.07, 6.45) is 0. The van der Waals surface area contributed by atoms with Crippen molar-refractivity contribution < 1.29 is 14.2 Å². The molecule has 1 saturated heterocycles. The number of para-hydroxylation sites is 1. The van der Waals surface area contributed by atoms with Crippen LogP contribution in [0.2, 0.25) is 0 Å². The lowest BCUT2D eigenvalue weighted by Gasteiger charge is -2.26. The van der Waals surface area contributed by atoms with Crippen LogP contribution in [-0.4, -0.2) is 32.1 Å². The van der Waals surface area contributed by atoms with Gasteiger partial charge in [0.1, 0.15) is 17.0 Å². The van der Waals surface area contributed by atoms with E-state index in [1.807, 2.05) is 18.2 Å². The van der Waals surface area contributed by atoms with Crippen LogP contribution in [0, 0.1) is 33.5 Å². The van der Waals surface area contributed by atoms with Crippen molar-refractivity contribution in [2.24, 2.45) is 21.6 Å². The van der Waals surface area contributed by atoms with Gasteiger partial charge in [0.2, 0.25) is 0 Å². The van der Waals surface area contributed by atoms with Gasteiger partial charge in [-0.1, -0.05) is 18.2 Å². The highest BCUT2D eigenvalue weighted by Crippen LogP contribution is 2.82. The Balaban J connectivity index is 1.96. The minimum absolute atomic E-state index is 0.0827. The molecule has 23 heavy (non-hydrogen) atoms. The number of hydrogen-bond acceptors (Lipinski definition) is 7. The molecule has 2 heterocycles. The largest absolute Gasteiger partial charge is 0.496 e. The summed E-state index contributed by atoms with van der Waals surface area (Å²) in [5.74, 6) is -1.35. The van der Waals surface area contributed by atoms with Crippen molar-refractivity contribution >= 4 is 5.84 Å². The third kappa shape index (κ3) is 1.25. The molecule has 0 bridgehead atoms. The van der Waals surface area contributed by atoms with E-state index >= 15 is 0 Å². The molecule has 4 rings (SSSR count). The van der Waals surface area contributed by atoms with E-state index in [0.29, 0.717) is 19.0 Å². The van der Waals surface area contributed by atoms with Crippen LogP contribution in [0.4, 0.5) is 0 Å². The van der Waals surface area contributed by atoms with Crippen LogP contribution in [0.1, 0.15) is 11.5 Å². The number of nitriles is 2. The molecular formula is C16H14N4O3. The van der Waals surface area contributed by atoms with Gasteiger partial charge in [-0.2, -0.15) is 10.5 Å². The second kappa shape index (κ2) is 4.23. The van der Waals surface area contributed by atoms with Gasteiger partial charge in [-0.15, -0.1) is 0 Å². The predicted molar refractivity (Wildman–Crippen MR) is 78.1 cm³/mol. The minimum atomic E-state index is -1.51. The third-order valence-corrected chi connectivity index (χ3v) is 5.06. The van der Waals surface area contributed by atoms with Crippen molar-refractivity contribution in [1.82, 2.24) is 0 Å². The van der Waals surface area contributed by atoms with Crippen LogP contribution in [0.25, 0.3) is 0 Å². The number of nitrogens with two attached hydrogens (primary N) is 1. The zero-order chi connectivity index (χ0) is 16.3. The summed E-state index contributed by atoms with van der Waals surface area (Å²) in [6.45, 7) is 0.612. The second-order valence-corrected chi connectivity index (χ2v) is 5.79. The van der Waals surface area contributed by atoms with Gasteiger partial charge in [-0.05, 0) is 6.07 Å². The number of fused-ring (bicyclic) bond motifs is 2. The van der Waals surface area contributed by atoms with Crippen molar-refractivity contribution in [2.75, 3.05) is 20.3 Å². The molecule has 0 amide bonds. The summed E-state index contributed by atoms with van der Waals surface area (Å²) in [5, 5.41) is 19.8. The van der Waals surface area contributed by atoms with Crippen LogP contribution in [0.3, 0.4) is 0 Å². The van der Waals surface area contributed by atoms with Gasteiger partial charge in [0.05, 0.1) is 32.5 Å². The van der Waals surface area contributed by atoms with Crippen LogP contribution in [-0.2, 0) is 9.47 Å². The van der Waals surface area contributed by atoms with Gasteiger partial charge in [-0.3, -0.25) is 0 Å². The van der Waals surface area contributed by atoms with E-state index in [-0.39, 0.29) is 5.84 Å². The van der Waals surface area contributed by atoms with Crippen LogP contribution in [0.15, 0.2) is 29.3 Å². The van der Waals surface area contributed by atoms with E-state index in [9.17, 15) is 10.5 Å². The first kappa shape index (κ1) is 14.0. The Kier molecular flexibility index (Phi) is 2.57. The number of methoxy groups -OCH3 is 1. The second-order valence-electron chi connectivity index (χ2n) is 5.79. The minimum Gasteiger partial charge on any atom is -0.496 e. The van der Waals surface area contributed by atoms with E-state index in [2.05, 4.69) is 17.1 Å². The van der Waals surface area contributed by atoms with E-state index in [1.54, 1.807) is 13.2 Å². The molecule has 1 saturated carbocycles. The Morgan fingerprint density at radius 1 is 1.26 bits per heavy atom. The Bertz CT molecular complexity index is 802. The van der Waals surface area contributed by atoms with Crippen molar-refractivity contribution in [2.45, 2.75) is 11.8 Å². The number of nitrogens with zero attached hydrogens (tertiary/aromatic N) is 3. The molecule has 0 unspecified atom stereocenters. The van der Waals surface area contributed by atoms with Crippen LogP contribution < -0.4 is 10.5 Å². The van der Waals surface area contributed by atoms with E-state index in [0.717, 1.165) is 5.56 Å². The lowest BCUT2D eigenvalue weighted by Crippen LogP contribution is -2.38. The van der Waals surface area contributed by atoms with Gasteiger partial charge >= 0.3 is 0 Å². The Hall–Kier alpha value is -2.61. The number of hydrogen-bond donors (Lipinski definition) is 1. The lowest BCUT2D eigenvalue weighted by molar-refractivity contribution is -0.184. The number of aliphatic imine (C=N–C) groups is 1. The SMILES string of the molecule is COc1ccccc1[C@@H]1[C@]2(C#N)C(N)=NC3(OCCO3)[C@]12C#N. The first-order chi connectivity index (χ1) is 11.1. The molecule has 1 spiro atoms. The molecule has 116 valence electrons. The average molecular weight is 310 g/mol. The fourth-order valence-corrected chi connectivity index (χ4v) is 4.09. The maximum absolute atomic E-state index is 9.97. The molecule has 7 heteroatoms. The Morgan fingerprint density at radius 3 is 2.57 bits per heavy atom. The molecule has 2 fully saturated rings. The van der Waals surface area contributed by atoms with Crippen LogP contribution >= 0.6 is 0 Å². The first-order valence-electron chi connectivity index (χ1n) is 7.22. The molecule has 3 atom stereocenters. The van der Waals surface area contributed by atoms with Gasteiger partial charge < -0.3 is 19.9 Å². The summed E-state index contributed by atoms with van der Waals surface area (Å²) in [6, 6.07) is 11.7. The quantitative estimate of drug-likeness (QED) is 0.867. The molecule has 1 aromatic rings. The topological polar surface area (TPSA) is 114 Å². The van der Waals surface area contributed by atoms with Gasteiger partial charge in [0, 0.05) is 11.5 Å². The number of amidine groups is 1. The highest BCUT2D eigenvalue weighted by Gasteiger charge is 2.94. The number of benzene rings is 1.